The number of aromatic nitrogens is 1. The van der Waals surface area contributed by atoms with Gasteiger partial charge in [0.25, 0.3) is 0 Å². The molecule has 2 aromatic rings. The summed E-state index contributed by atoms with van der Waals surface area (Å²) in [6, 6.07) is 10.5. The van der Waals surface area contributed by atoms with E-state index < -0.39 is 0 Å². The van der Waals surface area contributed by atoms with Crippen LogP contribution in [0.2, 0.25) is 0 Å². The average molecular weight is 276 g/mol. The van der Waals surface area contributed by atoms with E-state index in [1.165, 1.54) is 5.56 Å². The van der Waals surface area contributed by atoms with Crippen LogP contribution in [0.5, 0.6) is 0 Å². The van der Waals surface area contributed by atoms with E-state index in [2.05, 4.69) is 48.1 Å². The molecule has 0 aliphatic carbocycles. The van der Waals surface area contributed by atoms with Gasteiger partial charge < -0.3 is 10.0 Å². The highest BCUT2D eigenvalue weighted by atomic mass is 32.1. The van der Waals surface area contributed by atoms with Crippen molar-refractivity contribution >= 4 is 16.5 Å². The predicted octanol–water partition coefficient (Wildman–Crippen LogP) is 2.88. The lowest BCUT2D eigenvalue weighted by Gasteiger charge is -2.15. The van der Waals surface area contributed by atoms with Gasteiger partial charge >= 0.3 is 0 Å². The monoisotopic (exact) mass is 276 g/mol. The van der Waals surface area contributed by atoms with E-state index >= 15 is 0 Å². The van der Waals surface area contributed by atoms with E-state index in [0.717, 1.165) is 35.1 Å². The zero-order chi connectivity index (χ0) is 13.7. The molecule has 0 atom stereocenters. The molecule has 0 radical (unpaired) electrons. The van der Waals surface area contributed by atoms with Crippen LogP contribution in [0.1, 0.15) is 23.1 Å². The number of anilines is 1. The van der Waals surface area contributed by atoms with Crippen molar-refractivity contribution in [1.82, 2.24) is 4.98 Å². The average Bonchev–Trinajstić information content (AvgIpc) is 2.89. The highest BCUT2D eigenvalue weighted by Gasteiger charge is 2.12. The highest BCUT2D eigenvalue weighted by Crippen LogP contribution is 2.26. The molecule has 2 rings (SSSR count). The number of aryl methyl sites for hydroxylation is 1. The summed E-state index contributed by atoms with van der Waals surface area (Å²) in [4.78, 5) is 7.75. The van der Waals surface area contributed by atoms with Crippen LogP contribution in [-0.4, -0.2) is 23.7 Å². The SMILES string of the molecule is CCc1nc(N(C)CCc2ccccc2)sc1CO. The molecule has 0 spiro atoms. The van der Waals surface area contributed by atoms with Crippen LogP contribution in [0.15, 0.2) is 30.3 Å². The van der Waals surface area contributed by atoms with Gasteiger partial charge in [-0.25, -0.2) is 4.98 Å². The minimum absolute atomic E-state index is 0.0906. The fourth-order valence-electron chi connectivity index (χ4n) is 1.97. The van der Waals surface area contributed by atoms with Gasteiger partial charge in [0.1, 0.15) is 0 Å². The third kappa shape index (κ3) is 3.55. The third-order valence-electron chi connectivity index (χ3n) is 3.15. The number of hydrogen-bond acceptors (Lipinski definition) is 4. The van der Waals surface area contributed by atoms with E-state index in [0.29, 0.717) is 0 Å². The molecule has 4 heteroatoms. The van der Waals surface area contributed by atoms with E-state index in [9.17, 15) is 5.11 Å². The molecular formula is C15H20N2OS. The third-order valence-corrected chi connectivity index (χ3v) is 4.35. The van der Waals surface area contributed by atoms with Gasteiger partial charge in [-0.15, -0.1) is 0 Å². The van der Waals surface area contributed by atoms with Gasteiger partial charge in [0.2, 0.25) is 0 Å². The maximum Gasteiger partial charge on any atom is 0.185 e. The zero-order valence-corrected chi connectivity index (χ0v) is 12.3. The molecular weight excluding hydrogens is 256 g/mol. The highest BCUT2D eigenvalue weighted by molar-refractivity contribution is 7.15. The van der Waals surface area contributed by atoms with E-state index in [4.69, 9.17) is 0 Å². The number of rotatable bonds is 6. The molecule has 0 aliphatic rings. The summed E-state index contributed by atoms with van der Waals surface area (Å²) >= 11 is 1.59. The van der Waals surface area contributed by atoms with Crippen molar-refractivity contribution in [1.29, 1.82) is 0 Å². The summed E-state index contributed by atoms with van der Waals surface area (Å²) in [7, 11) is 2.06. The molecule has 0 fully saturated rings. The molecule has 0 saturated heterocycles. The molecule has 0 bridgehead atoms. The van der Waals surface area contributed by atoms with E-state index in [1.54, 1.807) is 11.3 Å². The van der Waals surface area contributed by atoms with Gasteiger partial charge in [-0.05, 0) is 18.4 Å². The summed E-state index contributed by atoms with van der Waals surface area (Å²) in [6.07, 6.45) is 1.88. The van der Waals surface area contributed by atoms with Crippen LogP contribution in [0.3, 0.4) is 0 Å². The Morgan fingerprint density at radius 1 is 1.26 bits per heavy atom. The van der Waals surface area contributed by atoms with Crippen LogP contribution in [-0.2, 0) is 19.4 Å². The van der Waals surface area contributed by atoms with Crippen molar-refractivity contribution in [2.45, 2.75) is 26.4 Å². The molecule has 1 N–H and O–H groups in total. The maximum absolute atomic E-state index is 9.30. The van der Waals surface area contributed by atoms with Crippen molar-refractivity contribution < 1.29 is 5.11 Å². The number of likely N-dealkylation sites (N-methyl/N-ethyl adjacent to an activating group) is 1. The van der Waals surface area contributed by atoms with Crippen LogP contribution >= 0.6 is 11.3 Å². The molecule has 1 heterocycles. The molecule has 0 unspecified atom stereocenters. The predicted molar refractivity (Wildman–Crippen MR) is 80.8 cm³/mol. The summed E-state index contributed by atoms with van der Waals surface area (Å²) in [5.41, 5.74) is 2.36. The number of thiazole rings is 1. The van der Waals surface area contributed by atoms with Crippen LogP contribution in [0, 0.1) is 0 Å². The fraction of sp³-hybridized carbons (Fsp3) is 0.400. The Balaban J connectivity index is 1.99. The van der Waals surface area contributed by atoms with Gasteiger partial charge in [0, 0.05) is 13.6 Å². The summed E-state index contributed by atoms with van der Waals surface area (Å²) in [5.74, 6) is 0. The van der Waals surface area contributed by atoms with Gasteiger partial charge in [-0.2, -0.15) is 0 Å². The largest absolute Gasteiger partial charge is 0.391 e. The Hall–Kier alpha value is -1.39. The number of benzene rings is 1. The smallest absolute Gasteiger partial charge is 0.185 e. The first kappa shape index (κ1) is 14.0. The summed E-state index contributed by atoms with van der Waals surface area (Å²) in [5, 5.41) is 10.3. The minimum atomic E-state index is 0.0906. The Kier molecular flexibility index (Phi) is 4.93. The maximum atomic E-state index is 9.30. The standard InChI is InChI=1S/C15H20N2OS/c1-3-13-14(11-18)19-15(16-13)17(2)10-9-12-7-5-4-6-8-12/h4-8,18H,3,9-11H2,1-2H3. The molecule has 0 saturated carbocycles. The fourth-order valence-corrected chi connectivity index (χ4v) is 2.97. The second-order valence-electron chi connectivity index (χ2n) is 4.54. The lowest BCUT2D eigenvalue weighted by molar-refractivity contribution is 0.284. The van der Waals surface area contributed by atoms with Gasteiger partial charge in [0.05, 0.1) is 17.2 Å². The first-order valence-corrected chi connectivity index (χ1v) is 7.40. The second kappa shape index (κ2) is 6.68. The van der Waals surface area contributed by atoms with Crippen LogP contribution in [0.4, 0.5) is 5.13 Å². The molecule has 19 heavy (non-hydrogen) atoms. The Labute approximate surface area is 118 Å². The van der Waals surface area contributed by atoms with Crippen molar-refractivity contribution in [2.75, 3.05) is 18.5 Å². The van der Waals surface area contributed by atoms with Crippen LogP contribution in [0.25, 0.3) is 0 Å². The minimum Gasteiger partial charge on any atom is -0.391 e. The Morgan fingerprint density at radius 3 is 2.58 bits per heavy atom. The molecule has 1 aromatic heterocycles. The lowest BCUT2D eigenvalue weighted by atomic mass is 10.1. The second-order valence-corrected chi connectivity index (χ2v) is 5.60. The summed E-state index contributed by atoms with van der Waals surface area (Å²) < 4.78 is 0. The van der Waals surface area contributed by atoms with Crippen molar-refractivity contribution in [3.8, 4) is 0 Å². The van der Waals surface area contributed by atoms with Gasteiger partial charge in [-0.1, -0.05) is 48.6 Å². The number of nitrogens with zero attached hydrogens (tertiary/aromatic N) is 2. The van der Waals surface area contributed by atoms with Crippen molar-refractivity contribution in [3.63, 3.8) is 0 Å². The molecule has 3 nitrogen and oxygen atoms in total. The van der Waals surface area contributed by atoms with E-state index in [1.807, 2.05) is 6.07 Å². The van der Waals surface area contributed by atoms with E-state index in [-0.39, 0.29) is 6.61 Å². The van der Waals surface area contributed by atoms with Crippen molar-refractivity contribution in [3.05, 3.63) is 46.5 Å². The lowest BCUT2D eigenvalue weighted by Crippen LogP contribution is -2.20. The molecule has 1 aromatic carbocycles. The molecule has 102 valence electrons. The van der Waals surface area contributed by atoms with Crippen molar-refractivity contribution in [2.24, 2.45) is 0 Å². The number of aliphatic hydroxyl groups excluding tert-OH is 1. The number of aliphatic hydroxyl groups is 1. The quantitative estimate of drug-likeness (QED) is 0.881. The Morgan fingerprint density at radius 2 is 2.00 bits per heavy atom. The topological polar surface area (TPSA) is 36.4 Å². The molecule has 0 amide bonds. The first-order valence-electron chi connectivity index (χ1n) is 6.59. The summed E-state index contributed by atoms with van der Waals surface area (Å²) in [6.45, 7) is 3.10. The number of hydrogen-bond donors (Lipinski definition) is 1. The van der Waals surface area contributed by atoms with Crippen LogP contribution < -0.4 is 4.90 Å². The van der Waals surface area contributed by atoms with Gasteiger partial charge in [0.15, 0.2) is 5.13 Å². The molecule has 0 aliphatic heterocycles. The first-order chi connectivity index (χ1) is 9.24. The Bertz CT molecular complexity index is 489. The van der Waals surface area contributed by atoms with Gasteiger partial charge in [-0.3, -0.25) is 0 Å². The zero-order valence-electron chi connectivity index (χ0n) is 11.5. The normalized spacial score (nSPS) is 10.7.